The third-order valence-electron chi connectivity index (χ3n) is 4.24. The van der Waals surface area contributed by atoms with Crippen LogP contribution >= 0.6 is 0 Å². The lowest BCUT2D eigenvalue weighted by molar-refractivity contribution is 0.586. The highest BCUT2D eigenvalue weighted by Crippen LogP contribution is 2.21. The maximum atomic E-state index is 13.8. The molecule has 0 fully saturated rings. The van der Waals surface area contributed by atoms with Crippen LogP contribution in [0.5, 0.6) is 0 Å². The Labute approximate surface area is 154 Å². The Balaban J connectivity index is 1.40. The first-order valence-corrected chi connectivity index (χ1v) is 8.52. The quantitative estimate of drug-likeness (QED) is 0.466. The molecule has 3 N–H and O–H groups in total. The highest BCUT2D eigenvalue weighted by atomic mass is 19.1. The summed E-state index contributed by atoms with van der Waals surface area (Å²) in [4.78, 5) is 11.5. The second-order valence-corrected chi connectivity index (χ2v) is 6.07. The number of benzene rings is 2. The lowest BCUT2D eigenvalue weighted by Gasteiger charge is -2.09. The molecular weight excluding hydrogens is 348 g/mol. The van der Waals surface area contributed by atoms with E-state index < -0.39 is 11.6 Å². The number of hydrogen-bond donors (Lipinski definition) is 3. The molecule has 0 aliphatic carbocycles. The number of anilines is 3. The fraction of sp³-hybridized carbons (Fsp3) is 0.100. The lowest BCUT2D eigenvalue weighted by atomic mass is 10.1. The second kappa shape index (κ2) is 7.41. The van der Waals surface area contributed by atoms with Crippen molar-refractivity contribution in [3.8, 4) is 0 Å². The van der Waals surface area contributed by atoms with Crippen LogP contribution in [0.1, 0.15) is 5.56 Å². The molecule has 0 saturated heterocycles. The van der Waals surface area contributed by atoms with Crippen molar-refractivity contribution in [1.82, 2.24) is 15.0 Å². The number of aromatic amines is 1. The Kier molecular flexibility index (Phi) is 4.65. The minimum absolute atomic E-state index is 0.153. The Hall–Kier alpha value is -3.48. The van der Waals surface area contributed by atoms with Crippen LogP contribution < -0.4 is 10.6 Å². The smallest absolute Gasteiger partial charge is 0.149 e. The highest BCUT2D eigenvalue weighted by molar-refractivity contribution is 5.83. The topological polar surface area (TPSA) is 65.6 Å². The number of hydrogen-bond acceptors (Lipinski definition) is 4. The molecule has 2 aromatic carbocycles. The summed E-state index contributed by atoms with van der Waals surface area (Å²) in [6.07, 6.45) is 4.22. The summed E-state index contributed by atoms with van der Waals surface area (Å²) in [7, 11) is 0. The minimum atomic E-state index is -0.678. The van der Waals surface area contributed by atoms with Gasteiger partial charge in [0.25, 0.3) is 0 Å². The Bertz CT molecular complexity index is 1080. The molecule has 0 amide bonds. The van der Waals surface area contributed by atoms with Gasteiger partial charge >= 0.3 is 0 Å². The molecule has 0 unspecified atom stereocenters. The summed E-state index contributed by atoms with van der Waals surface area (Å²) < 4.78 is 26.8. The maximum Gasteiger partial charge on any atom is 0.149 e. The van der Waals surface area contributed by atoms with E-state index in [2.05, 4.69) is 31.7 Å². The molecule has 27 heavy (non-hydrogen) atoms. The summed E-state index contributed by atoms with van der Waals surface area (Å²) in [5.74, 6) is -0.261. The molecule has 2 heterocycles. The SMILES string of the molecule is Fc1ccc(Nc2cc(NCCc3c[nH]c4ccccc34)ncn2)c(F)c1. The third-order valence-corrected chi connectivity index (χ3v) is 4.24. The molecular formula is C20H17F2N5. The summed E-state index contributed by atoms with van der Waals surface area (Å²) in [6, 6.07) is 13.2. The number of nitrogens with zero attached hydrogens (tertiary/aromatic N) is 2. The van der Waals surface area contributed by atoms with Crippen molar-refractivity contribution in [3.05, 3.63) is 78.3 Å². The van der Waals surface area contributed by atoms with Gasteiger partial charge in [0.1, 0.15) is 29.6 Å². The van der Waals surface area contributed by atoms with Crippen LogP contribution in [0.4, 0.5) is 26.1 Å². The summed E-state index contributed by atoms with van der Waals surface area (Å²) in [5.41, 5.74) is 2.49. The van der Waals surface area contributed by atoms with Crippen molar-refractivity contribution in [2.75, 3.05) is 17.2 Å². The number of nitrogens with one attached hydrogen (secondary N) is 3. The lowest BCUT2D eigenvalue weighted by Crippen LogP contribution is -2.07. The predicted molar refractivity (Wildman–Crippen MR) is 102 cm³/mol. The van der Waals surface area contributed by atoms with Gasteiger partial charge in [0.2, 0.25) is 0 Å². The van der Waals surface area contributed by atoms with Crippen LogP contribution in [0.15, 0.2) is 61.1 Å². The van der Waals surface area contributed by atoms with Crippen molar-refractivity contribution < 1.29 is 8.78 Å². The molecule has 5 nitrogen and oxygen atoms in total. The number of halogens is 2. The zero-order valence-electron chi connectivity index (χ0n) is 14.3. The van der Waals surface area contributed by atoms with Gasteiger partial charge in [-0.05, 0) is 30.2 Å². The van der Waals surface area contributed by atoms with E-state index in [0.29, 0.717) is 18.2 Å². The van der Waals surface area contributed by atoms with Crippen LogP contribution in [0.2, 0.25) is 0 Å². The first kappa shape index (κ1) is 17.0. The molecule has 0 spiro atoms. The third kappa shape index (κ3) is 3.87. The highest BCUT2D eigenvalue weighted by Gasteiger charge is 2.06. The van der Waals surface area contributed by atoms with E-state index in [-0.39, 0.29) is 5.69 Å². The van der Waals surface area contributed by atoms with Gasteiger partial charge in [-0.1, -0.05) is 18.2 Å². The molecule has 0 bridgehead atoms. The number of fused-ring (bicyclic) bond motifs is 1. The van der Waals surface area contributed by atoms with Crippen LogP contribution in [0, 0.1) is 11.6 Å². The van der Waals surface area contributed by atoms with Gasteiger partial charge in [-0.2, -0.15) is 0 Å². The number of aromatic nitrogens is 3. The number of H-pyrrole nitrogens is 1. The molecule has 2 aromatic heterocycles. The van der Waals surface area contributed by atoms with Crippen molar-refractivity contribution in [2.45, 2.75) is 6.42 Å². The average Bonchev–Trinajstić information content (AvgIpc) is 3.08. The van der Waals surface area contributed by atoms with Crippen LogP contribution in [0.3, 0.4) is 0 Å². The molecule has 136 valence electrons. The van der Waals surface area contributed by atoms with E-state index in [9.17, 15) is 8.78 Å². The predicted octanol–water partition coefficient (Wildman–Crippen LogP) is 4.63. The zero-order valence-corrected chi connectivity index (χ0v) is 14.3. The minimum Gasteiger partial charge on any atom is -0.370 e. The van der Waals surface area contributed by atoms with Gasteiger partial charge in [0.05, 0.1) is 5.69 Å². The molecule has 0 saturated carbocycles. The number of para-hydroxylation sites is 1. The van der Waals surface area contributed by atoms with Gasteiger partial charge in [-0.25, -0.2) is 18.7 Å². The number of rotatable bonds is 6. The normalized spacial score (nSPS) is 10.9. The van der Waals surface area contributed by atoms with E-state index in [0.717, 1.165) is 18.0 Å². The van der Waals surface area contributed by atoms with Crippen molar-refractivity contribution >= 4 is 28.2 Å². The van der Waals surface area contributed by atoms with Crippen molar-refractivity contribution in [3.63, 3.8) is 0 Å². The first-order valence-electron chi connectivity index (χ1n) is 8.52. The van der Waals surface area contributed by atoms with Crippen LogP contribution in [-0.4, -0.2) is 21.5 Å². The molecule has 0 radical (unpaired) electrons. The molecule has 0 aliphatic rings. The van der Waals surface area contributed by atoms with Gasteiger partial charge in [-0.3, -0.25) is 0 Å². The van der Waals surface area contributed by atoms with E-state index in [1.54, 1.807) is 6.07 Å². The first-order chi connectivity index (χ1) is 13.2. The van der Waals surface area contributed by atoms with E-state index in [1.807, 2.05) is 24.4 Å². The molecule has 7 heteroatoms. The Morgan fingerprint density at radius 1 is 0.963 bits per heavy atom. The summed E-state index contributed by atoms with van der Waals surface area (Å²) in [6.45, 7) is 0.684. The summed E-state index contributed by atoms with van der Waals surface area (Å²) in [5, 5.41) is 7.27. The average molecular weight is 365 g/mol. The van der Waals surface area contributed by atoms with Crippen molar-refractivity contribution in [1.29, 1.82) is 0 Å². The Morgan fingerprint density at radius 3 is 2.70 bits per heavy atom. The van der Waals surface area contributed by atoms with Crippen LogP contribution in [-0.2, 0) is 6.42 Å². The fourth-order valence-electron chi connectivity index (χ4n) is 2.91. The van der Waals surface area contributed by atoms with E-state index >= 15 is 0 Å². The monoisotopic (exact) mass is 365 g/mol. The van der Waals surface area contributed by atoms with Crippen LogP contribution in [0.25, 0.3) is 10.9 Å². The van der Waals surface area contributed by atoms with E-state index in [4.69, 9.17) is 0 Å². The summed E-state index contributed by atoms with van der Waals surface area (Å²) >= 11 is 0. The molecule has 0 atom stereocenters. The van der Waals surface area contributed by atoms with Gasteiger partial charge in [-0.15, -0.1) is 0 Å². The van der Waals surface area contributed by atoms with E-state index in [1.165, 1.54) is 29.4 Å². The maximum absolute atomic E-state index is 13.8. The molecule has 4 rings (SSSR count). The largest absolute Gasteiger partial charge is 0.370 e. The van der Waals surface area contributed by atoms with Gasteiger partial charge < -0.3 is 15.6 Å². The molecule has 4 aromatic rings. The van der Waals surface area contributed by atoms with Crippen molar-refractivity contribution in [2.24, 2.45) is 0 Å². The zero-order chi connectivity index (χ0) is 18.6. The Morgan fingerprint density at radius 2 is 1.81 bits per heavy atom. The molecule has 0 aliphatic heterocycles. The standard InChI is InChI=1S/C20H17F2N5/c21-14-5-6-18(16(22)9-14)27-20-10-19(25-12-26-20)23-8-7-13-11-24-17-4-2-1-3-15(13)17/h1-6,9-12,24H,7-8H2,(H2,23,25,26,27). The van der Waals surface area contributed by atoms with Gasteiger partial charge in [0.15, 0.2) is 0 Å². The van der Waals surface area contributed by atoms with Gasteiger partial charge in [0, 0.05) is 35.8 Å². The fourth-order valence-corrected chi connectivity index (χ4v) is 2.91. The second-order valence-electron chi connectivity index (χ2n) is 6.07.